The average Bonchev–Trinajstić information content (AvgIpc) is 2.77. The van der Waals surface area contributed by atoms with E-state index in [0.29, 0.717) is 11.5 Å². The predicted molar refractivity (Wildman–Crippen MR) is 114 cm³/mol. The number of hydrogen-bond acceptors (Lipinski definition) is 5. The SMILES string of the molecule is COc1cc(/C=C/C(=O)O[C@@H](C)C(=O)N[C@H]2CCCc3ccccc32)cc(OC)c1. The lowest BCUT2D eigenvalue weighted by Crippen LogP contribution is -2.39. The molecule has 1 N–H and O–H groups in total. The number of carbonyl (C=O) groups excluding carboxylic acids is 2. The molecule has 1 aliphatic rings. The van der Waals surface area contributed by atoms with Gasteiger partial charge in [-0.3, -0.25) is 4.79 Å². The second kappa shape index (κ2) is 9.96. The van der Waals surface area contributed by atoms with Crippen LogP contribution in [0.2, 0.25) is 0 Å². The van der Waals surface area contributed by atoms with Gasteiger partial charge in [-0.2, -0.15) is 0 Å². The zero-order valence-electron chi connectivity index (χ0n) is 17.5. The number of fused-ring (bicyclic) bond motifs is 1. The number of amides is 1. The Morgan fingerprint density at radius 3 is 2.50 bits per heavy atom. The summed E-state index contributed by atoms with van der Waals surface area (Å²) in [7, 11) is 3.11. The molecular formula is C24H27NO5. The topological polar surface area (TPSA) is 73.9 Å². The number of rotatable bonds is 7. The summed E-state index contributed by atoms with van der Waals surface area (Å²) in [4.78, 5) is 24.7. The van der Waals surface area contributed by atoms with Crippen molar-refractivity contribution in [2.45, 2.75) is 38.3 Å². The molecular weight excluding hydrogens is 382 g/mol. The molecule has 0 unspecified atom stereocenters. The number of ether oxygens (including phenoxy) is 3. The van der Waals surface area contributed by atoms with Crippen LogP contribution in [-0.2, 0) is 20.7 Å². The molecule has 6 heteroatoms. The molecule has 6 nitrogen and oxygen atoms in total. The fourth-order valence-electron chi connectivity index (χ4n) is 3.55. The maximum absolute atomic E-state index is 12.6. The molecule has 1 aliphatic carbocycles. The predicted octanol–water partition coefficient (Wildman–Crippen LogP) is 3.84. The summed E-state index contributed by atoms with van der Waals surface area (Å²) in [6.45, 7) is 1.57. The Balaban J connectivity index is 1.58. The molecule has 0 aliphatic heterocycles. The molecule has 0 spiro atoms. The van der Waals surface area contributed by atoms with Crippen LogP contribution in [-0.4, -0.2) is 32.2 Å². The highest BCUT2D eigenvalue weighted by molar-refractivity contribution is 5.90. The third kappa shape index (κ3) is 5.41. The molecule has 2 atom stereocenters. The molecule has 0 saturated heterocycles. The van der Waals surface area contributed by atoms with Crippen LogP contribution in [0.25, 0.3) is 6.08 Å². The molecule has 0 saturated carbocycles. The molecule has 0 fully saturated rings. The molecule has 2 aromatic rings. The lowest BCUT2D eigenvalue weighted by molar-refractivity contribution is -0.150. The number of aryl methyl sites for hydroxylation is 1. The first-order chi connectivity index (χ1) is 14.5. The van der Waals surface area contributed by atoms with Gasteiger partial charge >= 0.3 is 5.97 Å². The third-order valence-corrected chi connectivity index (χ3v) is 5.13. The highest BCUT2D eigenvalue weighted by Crippen LogP contribution is 2.29. The van der Waals surface area contributed by atoms with E-state index in [1.165, 1.54) is 11.6 Å². The summed E-state index contributed by atoms with van der Waals surface area (Å²) >= 11 is 0. The van der Waals surface area contributed by atoms with Gasteiger partial charge in [0.2, 0.25) is 0 Å². The van der Waals surface area contributed by atoms with Crippen LogP contribution in [0.3, 0.4) is 0 Å². The summed E-state index contributed by atoms with van der Waals surface area (Å²) in [6.07, 6.45) is 4.90. The maximum atomic E-state index is 12.6. The van der Waals surface area contributed by atoms with Gasteiger partial charge in [-0.05, 0) is 61.1 Å². The minimum atomic E-state index is -0.893. The number of benzene rings is 2. The Morgan fingerprint density at radius 2 is 1.80 bits per heavy atom. The number of esters is 1. The summed E-state index contributed by atoms with van der Waals surface area (Å²) in [5.41, 5.74) is 3.12. The second-order valence-electron chi connectivity index (χ2n) is 7.21. The van der Waals surface area contributed by atoms with Crippen molar-refractivity contribution < 1.29 is 23.8 Å². The normalized spacial score (nSPS) is 16.4. The van der Waals surface area contributed by atoms with Crippen LogP contribution in [0.4, 0.5) is 0 Å². The number of methoxy groups -OCH3 is 2. The molecule has 0 radical (unpaired) electrons. The smallest absolute Gasteiger partial charge is 0.331 e. The van der Waals surface area contributed by atoms with Gasteiger partial charge in [0.05, 0.1) is 20.3 Å². The minimum Gasteiger partial charge on any atom is -0.497 e. The molecule has 0 heterocycles. The largest absolute Gasteiger partial charge is 0.497 e. The van der Waals surface area contributed by atoms with E-state index >= 15 is 0 Å². The van der Waals surface area contributed by atoms with Crippen LogP contribution in [0.15, 0.2) is 48.5 Å². The van der Waals surface area contributed by atoms with Crippen molar-refractivity contribution in [3.8, 4) is 11.5 Å². The summed E-state index contributed by atoms with van der Waals surface area (Å²) < 4.78 is 15.7. The van der Waals surface area contributed by atoms with Crippen molar-refractivity contribution in [1.82, 2.24) is 5.32 Å². The van der Waals surface area contributed by atoms with Crippen molar-refractivity contribution in [3.63, 3.8) is 0 Å². The van der Waals surface area contributed by atoms with Gasteiger partial charge in [0.25, 0.3) is 5.91 Å². The second-order valence-corrected chi connectivity index (χ2v) is 7.21. The highest BCUT2D eigenvalue weighted by atomic mass is 16.5. The van der Waals surface area contributed by atoms with Gasteiger partial charge in [0.15, 0.2) is 6.10 Å². The Bertz CT molecular complexity index is 915. The van der Waals surface area contributed by atoms with E-state index in [1.807, 2.05) is 18.2 Å². The van der Waals surface area contributed by atoms with E-state index in [4.69, 9.17) is 14.2 Å². The monoisotopic (exact) mass is 409 g/mol. The molecule has 2 aromatic carbocycles. The number of carbonyl (C=O) groups is 2. The van der Waals surface area contributed by atoms with Gasteiger partial charge in [-0.1, -0.05) is 24.3 Å². The summed E-state index contributed by atoms with van der Waals surface area (Å²) in [5.74, 6) is 0.329. The third-order valence-electron chi connectivity index (χ3n) is 5.13. The summed E-state index contributed by atoms with van der Waals surface area (Å²) in [6, 6.07) is 13.3. The van der Waals surface area contributed by atoms with E-state index in [0.717, 1.165) is 30.4 Å². The Labute approximate surface area is 176 Å². The first-order valence-electron chi connectivity index (χ1n) is 10.00. The first kappa shape index (κ1) is 21.4. The van der Waals surface area contributed by atoms with Crippen LogP contribution >= 0.6 is 0 Å². The molecule has 1 amide bonds. The fourth-order valence-corrected chi connectivity index (χ4v) is 3.55. The first-order valence-corrected chi connectivity index (χ1v) is 10.00. The molecule has 0 bridgehead atoms. The zero-order chi connectivity index (χ0) is 21.5. The van der Waals surface area contributed by atoms with Gasteiger partial charge < -0.3 is 19.5 Å². The van der Waals surface area contributed by atoms with Crippen LogP contribution in [0, 0.1) is 0 Å². The van der Waals surface area contributed by atoms with Crippen LogP contribution in [0.1, 0.15) is 42.5 Å². The van der Waals surface area contributed by atoms with Gasteiger partial charge in [-0.25, -0.2) is 4.79 Å². The molecule has 30 heavy (non-hydrogen) atoms. The van der Waals surface area contributed by atoms with Crippen LogP contribution < -0.4 is 14.8 Å². The van der Waals surface area contributed by atoms with Gasteiger partial charge in [0.1, 0.15) is 11.5 Å². The zero-order valence-corrected chi connectivity index (χ0v) is 17.5. The fraction of sp³-hybridized carbons (Fsp3) is 0.333. The number of hydrogen-bond donors (Lipinski definition) is 1. The van der Waals surface area contributed by atoms with Crippen molar-refractivity contribution in [2.75, 3.05) is 14.2 Å². The molecule has 3 rings (SSSR count). The lowest BCUT2D eigenvalue weighted by Gasteiger charge is -2.27. The van der Waals surface area contributed by atoms with Crippen molar-refractivity contribution >= 4 is 18.0 Å². The van der Waals surface area contributed by atoms with Gasteiger partial charge in [0, 0.05) is 12.1 Å². The van der Waals surface area contributed by atoms with E-state index < -0.39 is 12.1 Å². The van der Waals surface area contributed by atoms with E-state index in [2.05, 4.69) is 11.4 Å². The van der Waals surface area contributed by atoms with E-state index in [-0.39, 0.29) is 11.9 Å². The quantitative estimate of drug-likeness (QED) is 0.556. The van der Waals surface area contributed by atoms with Crippen molar-refractivity contribution in [3.05, 3.63) is 65.2 Å². The maximum Gasteiger partial charge on any atom is 0.331 e. The average molecular weight is 409 g/mol. The Kier molecular flexibility index (Phi) is 7.12. The molecule has 158 valence electrons. The van der Waals surface area contributed by atoms with Crippen LogP contribution in [0.5, 0.6) is 11.5 Å². The lowest BCUT2D eigenvalue weighted by atomic mass is 9.87. The highest BCUT2D eigenvalue weighted by Gasteiger charge is 2.24. The van der Waals surface area contributed by atoms with E-state index in [9.17, 15) is 9.59 Å². The van der Waals surface area contributed by atoms with Crippen molar-refractivity contribution in [1.29, 1.82) is 0 Å². The Hall–Kier alpha value is -3.28. The molecule has 0 aromatic heterocycles. The van der Waals surface area contributed by atoms with E-state index in [1.54, 1.807) is 45.4 Å². The summed E-state index contributed by atoms with van der Waals surface area (Å²) in [5, 5.41) is 3.01. The minimum absolute atomic E-state index is 0.0524. The standard InChI is InChI=1S/C24H27NO5/c1-16(24(27)25-22-10-6-8-18-7-4-5-9-21(18)22)30-23(26)12-11-17-13-19(28-2)15-20(14-17)29-3/h4-5,7,9,11-16,22H,6,8,10H2,1-3H3,(H,25,27)/b12-11+/t16-,22-/m0/s1. The van der Waals surface area contributed by atoms with Crippen molar-refractivity contribution in [2.24, 2.45) is 0 Å². The number of nitrogens with one attached hydrogen (secondary N) is 1. The Morgan fingerprint density at radius 1 is 1.10 bits per heavy atom. The van der Waals surface area contributed by atoms with Gasteiger partial charge in [-0.15, -0.1) is 0 Å².